The molecule has 1 amide bonds. The molecule has 1 aromatic heterocycles. The first-order valence-electron chi connectivity index (χ1n) is 9.32. The van der Waals surface area contributed by atoms with Crippen molar-refractivity contribution in [1.29, 1.82) is 0 Å². The molecular weight excluding hydrogens is 382 g/mol. The van der Waals surface area contributed by atoms with Gasteiger partial charge in [0.1, 0.15) is 5.75 Å². The van der Waals surface area contributed by atoms with Crippen molar-refractivity contribution in [2.75, 3.05) is 13.2 Å². The number of furan rings is 1. The molecule has 0 unspecified atom stereocenters. The van der Waals surface area contributed by atoms with Gasteiger partial charge in [0.05, 0.1) is 17.6 Å². The van der Waals surface area contributed by atoms with Crippen molar-refractivity contribution >= 4 is 16.0 Å². The third-order valence-electron chi connectivity index (χ3n) is 4.55. The number of amides is 1. The van der Waals surface area contributed by atoms with Gasteiger partial charge in [-0.2, -0.15) is 8.42 Å². The Morgan fingerprint density at radius 1 is 1.25 bits per heavy atom. The van der Waals surface area contributed by atoms with Crippen LogP contribution in [0.2, 0.25) is 0 Å². The molecule has 2 aromatic rings. The number of carbonyl (C=O) groups excluding carboxylic acids is 1. The molecule has 1 aliphatic heterocycles. The minimum Gasteiger partial charge on any atom is -0.459 e. The summed E-state index contributed by atoms with van der Waals surface area (Å²) in [6.45, 7) is 4.67. The monoisotopic (exact) mass is 407 g/mol. The Kier molecular flexibility index (Phi) is 6.41. The van der Waals surface area contributed by atoms with Crippen LogP contribution in [0.25, 0.3) is 0 Å². The van der Waals surface area contributed by atoms with Gasteiger partial charge in [0.25, 0.3) is 5.91 Å². The van der Waals surface area contributed by atoms with Gasteiger partial charge in [0, 0.05) is 19.7 Å². The molecule has 0 N–H and O–H groups in total. The molecule has 1 aliphatic rings. The standard InChI is InChI=1S/C20H25NO6S/c1-15(2)28(23,24)27-17-9-7-16(8-10-17)13-21(14-18-5-3-11-25-18)20(22)19-6-4-12-26-19/h4,6-10,12,15,18H,3,5,11,13-14H2,1-2H3/t18-/m1/s1. The molecule has 1 atom stereocenters. The largest absolute Gasteiger partial charge is 0.459 e. The van der Waals surface area contributed by atoms with E-state index in [1.165, 1.54) is 6.26 Å². The molecule has 1 fully saturated rings. The van der Waals surface area contributed by atoms with E-state index in [0.29, 0.717) is 19.7 Å². The average Bonchev–Trinajstić information content (AvgIpc) is 3.35. The minimum atomic E-state index is -3.64. The third-order valence-corrected chi connectivity index (χ3v) is 6.13. The maximum absolute atomic E-state index is 12.8. The van der Waals surface area contributed by atoms with Crippen LogP contribution in [0.3, 0.4) is 0 Å². The van der Waals surface area contributed by atoms with Crippen molar-refractivity contribution in [3.63, 3.8) is 0 Å². The van der Waals surface area contributed by atoms with E-state index in [-0.39, 0.29) is 23.5 Å². The number of nitrogens with zero attached hydrogens (tertiary/aromatic N) is 1. The van der Waals surface area contributed by atoms with Crippen LogP contribution in [0.15, 0.2) is 47.1 Å². The molecule has 1 saturated heterocycles. The molecule has 0 radical (unpaired) electrons. The van der Waals surface area contributed by atoms with E-state index in [2.05, 4.69) is 0 Å². The van der Waals surface area contributed by atoms with Crippen LogP contribution in [0.1, 0.15) is 42.8 Å². The van der Waals surface area contributed by atoms with Gasteiger partial charge in [-0.15, -0.1) is 0 Å². The second kappa shape index (κ2) is 8.79. The first-order chi connectivity index (χ1) is 13.3. The summed E-state index contributed by atoms with van der Waals surface area (Å²) in [6.07, 6.45) is 3.39. The highest BCUT2D eigenvalue weighted by Gasteiger charge is 2.25. The van der Waals surface area contributed by atoms with E-state index in [1.807, 2.05) is 0 Å². The smallest absolute Gasteiger partial charge is 0.311 e. The lowest BCUT2D eigenvalue weighted by Crippen LogP contribution is -2.36. The van der Waals surface area contributed by atoms with Gasteiger partial charge in [0.2, 0.25) is 0 Å². The average molecular weight is 407 g/mol. The van der Waals surface area contributed by atoms with Crippen LogP contribution < -0.4 is 4.18 Å². The summed E-state index contributed by atoms with van der Waals surface area (Å²) in [7, 11) is -3.64. The van der Waals surface area contributed by atoms with Crippen molar-refractivity contribution in [3.8, 4) is 5.75 Å². The maximum atomic E-state index is 12.8. The van der Waals surface area contributed by atoms with Crippen molar-refractivity contribution in [2.24, 2.45) is 0 Å². The highest BCUT2D eigenvalue weighted by Crippen LogP contribution is 2.20. The quantitative estimate of drug-likeness (QED) is 0.625. The van der Waals surface area contributed by atoms with Crippen molar-refractivity contribution < 1.29 is 26.5 Å². The van der Waals surface area contributed by atoms with Gasteiger partial charge in [-0.3, -0.25) is 4.79 Å². The number of hydrogen-bond acceptors (Lipinski definition) is 6. The van der Waals surface area contributed by atoms with Crippen LogP contribution >= 0.6 is 0 Å². The van der Waals surface area contributed by atoms with E-state index >= 15 is 0 Å². The Labute approximate surface area is 165 Å². The Morgan fingerprint density at radius 3 is 2.57 bits per heavy atom. The molecular formula is C20H25NO6S. The predicted molar refractivity (Wildman–Crippen MR) is 104 cm³/mol. The van der Waals surface area contributed by atoms with E-state index in [0.717, 1.165) is 18.4 Å². The van der Waals surface area contributed by atoms with Crippen molar-refractivity contribution in [1.82, 2.24) is 4.90 Å². The highest BCUT2D eigenvalue weighted by molar-refractivity contribution is 7.87. The summed E-state index contributed by atoms with van der Waals surface area (Å²) >= 11 is 0. The number of hydrogen-bond donors (Lipinski definition) is 0. The maximum Gasteiger partial charge on any atom is 0.311 e. The lowest BCUT2D eigenvalue weighted by atomic mass is 10.1. The van der Waals surface area contributed by atoms with E-state index in [1.54, 1.807) is 55.1 Å². The first-order valence-corrected chi connectivity index (χ1v) is 10.8. The molecule has 0 spiro atoms. The molecule has 0 saturated carbocycles. The molecule has 152 valence electrons. The first kappa shape index (κ1) is 20.4. The van der Waals surface area contributed by atoms with Crippen LogP contribution in [-0.2, 0) is 21.4 Å². The van der Waals surface area contributed by atoms with Gasteiger partial charge in [0.15, 0.2) is 5.76 Å². The van der Waals surface area contributed by atoms with Gasteiger partial charge in [-0.05, 0) is 56.5 Å². The van der Waals surface area contributed by atoms with Gasteiger partial charge < -0.3 is 18.2 Å². The van der Waals surface area contributed by atoms with Crippen molar-refractivity contribution in [3.05, 3.63) is 54.0 Å². The molecule has 7 nitrogen and oxygen atoms in total. The van der Waals surface area contributed by atoms with Gasteiger partial charge in [-0.25, -0.2) is 0 Å². The second-order valence-corrected chi connectivity index (χ2v) is 9.16. The van der Waals surface area contributed by atoms with Crippen LogP contribution in [0.4, 0.5) is 0 Å². The van der Waals surface area contributed by atoms with Gasteiger partial charge in [-0.1, -0.05) is 12.1 Å². The normalized spacial score (nSPS) is 17.0. The number of benzene rings is 1. The van der Waals surface area contributed by atoms with E-state index < -0.39 is 15.4 Å². The Morgan fingerprint density at radius 2 is 2.00 bits per heavy atom. The Bertz CT molecular complexity index is 868. The molecule has 3 rings (SSSR count). The summed E-state index contributed by atoms with van der Waals surface area (Å²) in [5.74, 6) is 0.324. The van der Waals surface area contributed by atoms with Crippen LogP contribution in [0, 0.1) is 0 Å². The number of ether oxygens (including phenoxy) is 1. The summed E-state index contributed by atoms with van der Waals surface area (Å²) in [5, 5.41) is -0.625. The lowest BCUT2D eigenvalue weighted by Gasteiger charge is -2.25. The zero-order valence-electron chi connectivity index (χ0n) is 16.0. The molecule has 2 heterocycles. The third kappa shape index (κ3) is 5.14. The molecule has 1 aromatic carbocycles. The second-order valence-electron chi connectivity index (χ2n) is 7.07. The Balaban J connectivity index is 1.71. The fraction of sp³-hybridized carbons (Fsp3) is 0.450. The zero-order chi connectivity index (χ0) is 20.1. The highest BCUT2D eigenvalue weighted by atomic mass is 32.2. The fourth-order valence-corrected chi connectivity index (χ4v) is 3.48. The molecule has 28 heavy (non-hydrogen) atoms. The van der Waals surface area contributed by atoms with Crippen LogP contribution in [-0.4, -0.2) is 43.7 Å². The van der Waals surface area contributed by atoms with Crippen LogP contribution in [0.5, 0.6) is 5.75 Å². The number of rotatable bonds is 8. The minimum absolute atomic E-state index is 0.0118. The number of carbonyl (C=O) groups is 1. The van der Waals surface area contributed by atoms with E-state index in [9.17, 15) is 13.2 Å². The van der Waals surface area contributed by atoms with E-state index in [4.69, 9.17) is 13.3 Å². The summed E-state index contributed by atoms with van der Waals surface area (Å²) in [5.41, 5.74) is 0.854. The fourth-order valence-electron chi connectivity index (χ4n) is 2.91. The summed E-state index contributed by atoms with van der Waals surface area (Å²) in [4.78, 5) is 14.5. The summed E-state index contributed by atoms with van der Waals surface area (Å²) in [6, 6.07) is 10.0. The Hall–Kier alpha value is -2.32. The SMILES string of the molecule is CC(C)S(=O)(=O)Oc1ccc(CN(C[C@H]2CCCO2)C(=O)c2ccco2)cc1. The topological polar surface area (TPSA) is 86.0 Å². The molecule has 0 aliphatic carbocycles. The predicted octanol–water partition coefficient (Wildman–Crippen LogP) is 3.22. The summed E-state index contributed by atoms with van der Waals surface area (Å²) < 4.78 is 39.8. The van der Waals surface area contributed by atoms with Crippen molar-refractivity contribution in [2.45, 2.75) is 44.6 Å². The zero-order valence-corrected chi connectivity index (χ0v) is 16.9. The molecule has 8 heteroatoms. The lowest BCUT2D eigenvalue weighted by molar-refractivity contribution is 0.0484. The molecule has 0 bridgehead atoms. The van der Waals surface area contributed by atoms with Gasteiger partial charge >= 0.3 is 10.1 Å².